The van der Waals surface area contributed by atoms with Gasteiger partial charge in [0.15, 0.2) is 0 Å². The molecule has 1 rings (SSSR count). The van der Waals surface area contributed by atoms with Crippen molar-refractivity contribution >= 4 is 0 Å². The third-order valence-electron chi connectivity index (χ3n) is 2.64. The van der Waals surface area contributed by atoms with Crippen molar-refractivity contribution in [3.63, 3.8) is 0 Å². The first kappa shape index (κ1) is 14.8. The van der Waals surface area contributed by atoms with Crippen LogP contribution in [-0.4, -0.2) is 6.54 Å². The fraction of sp³-hybridized carbons (Fsp3) is 0.429. The summed E-state index contributed by atoms with van der Waals surface area (Å²) in [6, 6.07) is 5.16. The standard InChI is InChI=1S/C14H18F3N/c1-4-8-18-13(10(2)3)11-6-5-7-12(9-11)14(15,16)17/h5-7,9,13,18H,2,4,8H2,1,3H3. The second-order valence-corrected chi connectivity index (χ2v) is 4.36. The summed E-state index contributed by atoms with van der Waals surface area (Å²) in [7, 11) is 0. The van der Waals surface area contributed by atoms with Gasteiger partial charge in [0, 0.05) is 0 Å². The number of halogens is 3. The maximum atomic E-state index is 12.6. The molecular weight excluding hydrogens is 239 g/mol. The lowest BCUT2D eigenvalue weighted by Crippen LogP contribution is -2.23. The van der Waals surface area contributed by atoms with Crippen molar-refractivity contribution in [3.05, 3.63) is 47.5 Å². The van der Waals surface area contributed by atoms with E-state index < -0.39 is 11.7 Å². The van der Waals surface area contributed by atoms with E-state index in [0.717, 1.165) is 24.6 Å². The summed E-state index contributed by atoms with van der Waals surface area (Å²) in [6.45, 7) is 8.40. The minimum Gasteiger partial charge on any atom is -0.307 e. The summed E-state index contributed by atoms with van der Waals surface area (Å²) in [4.78, 5) is 0. The number of hydrogen-bond donors (Lipinski definition) is 1. The average molecular weight is 257 g/mol. The van der Waals surface area contributed by atoms with Gasteiger partial charge in [0.2, 0.25) is 0 Å². The largest absolute Gasteiger partial charge is 0.416 e. The first-order valence-corrected chi connectivity index (χ1v) is 5.92. The molecule has 1 N–H and O–H groups in total. The maximum absolute atomic E-state index is 12.6. The van der Waals surface area contributed by atoms with E-state index in [1.54, 1.807) is 6.07 Å². The normalized spacial score (nSPS) is 13.4. The first-order chi connectivity index (χ1) is 8.36. The average Bonchev–Trinajstić information content (AvgIpc) is 2.28. The molecule has 4 heteroatoms. The lowest BCUT2D eigenvalue weighted by atomic mass is 9.98. The molecule has 1 nitrogen and oxygen atoms in total. The molecule has 0 saturated carbocycles. The predicted molar refractivity (Wildman–Crippen MR) is 67.3 cm³/mol. The van der Waals surface area contributed by atoms with Crippen molar-refractivity contribution in [1.29, 1.82) is 0 Å². The smallest absolute Gasteiger partial charge is 0.307 e. The summed E-state index contributed by atoms with van der Waals surface area (Å²) in [5, 5.41) is 3.20. The second kappa shape index (κ2) is 6.05. The van der Waals surface area contributed by atoms with Crippen molar-refractivity contribution in [3.8, 4) is 0 Å². The van der Waals surface area contributed by atoms with E-state index in [4.69, 9.17) is 0 Å². The Labute approximate surface area is 106 Å². The van der Waals surface area contributed by atoms with Crippen molar-refractivity contribution < 1.29 is 13.2 Å². The Morgan fingerprint density at radius 3 is 2.56 bits per heavy atom. The van der Waals surface area contributed by atoms with E-state index in [9.17, 15) is 13.2 Å². The lowest BCUT2D eigenvalue weighted by molar-refractivity contribution is -0.137. The van der Waals surface area contributed by atoms with Crippen LogP contribution in [0.2, 0.25) is 0 Å². The molecule has 1 aromatic rings. The van der Waals surface area contributed by atoms with E-state index in [0.29, 0.717) is 5.56 Å². The molecule has 18 heavy (non-hydrogen) atoms. The van der Waals surface area contributed by atoms with Gasteiger partial charge in [-0.05, 0) is 37.6 Å². The molecule has 0 aromatic heterocycles. The number of nitrogens with one attached hydrogen (secondary N) is 1. The zero-order chi connectivity index (χ0) is 13.8. The quantitative estimate of drug-likeness (QED) is 0.774. The van der Waals surface area contributed by atoms with Gasteiger partial charge in [-0.15, -0.1) is 0 Å². The van der Waals surface area contributed by atoms with Crippen molar-refractivity contribution in [1.82, 2.24) is 5.32 Å². The molecule has 1 aromatic carbocycles. The highest BCUT2D eigenvalue weighted by atomic mass is 19.4. The van der Waals surface area contributed by atoms with Gasteiger partial charge in [-0.2, -0.15) is 13.2 Å². The molecule has 1 atom stereocenters. The second-order valence-electron chi connectivity index (χ2n) is 4.36. The van der Waals surface area contributed by atoms with Crippen molar-refractivity contribution in [2.45, 2.75) is 32.5 Å². The Kier molecular flexibility index (Phi) is 4.96. The van der Waals surface area contributed by atoms with E-state index >= 15 is 0 Å². The molecular formula is C14H18F3N. The molecule has 0 spiro atoms. The topological polar surface area (TPSA) is 12.0 Å². The number of rotatable bonds is 5. The van der Waals surface area contributed by atoms with Crippen LogP contribution in [0.5, 0.6) is 0 Å². The van der Waals surface area contributed by atoms with Gasteiger partial charge in [0.05, 0.1) is 11.6 Å². The molecule has 0 aliphatic rings. The minimum atomic E-state index is -4.31. The summed E-state index contributed by atoms with van der Waals surface area (Å²) in [5.74, 6) is 0. The van der Waals surface area contributed by atoms with Gasteiger partial charge in [0.1, 0.15) is 0 Å². The summed E-state index contributed by atoms with van der Waals surface area (Å²) >= 11 is 0. The molecule has 0 radical (unpaired) electrons. The van der Waals surface area contributed by atoms with Crippen LogP contribution >= 0.6 is 0 Å². The Balaban J connectivity index is 3.02. The molecule has 0 saturated heterocycles. The maximum Gasteiger partial charge on any atom is 0.416 e. The SMILES string of the molecule is C=C(C)C(NCCC)c1cccc(C(F)(F)F)c1. The molecule has 0 aliphatic carbocycles. The van der Waals surface area contributed by atoms with Crippen LogP contribution in [0.3, 0.4) is 0 Å². The summed E-state index contributed by atoms with van der Waals surface area (Å²) < 4.78 is 37.9. The Morgan fingerprint density at radius 2 is 2.06 bits per heavy atom. The van der Waals surface area contributed by atoms with Crippen LogP contribution in [0.4, 0.5) is 13.2 Å². The van der Waals surface area contributed by atoms with Crippen LogP contribution < -0.4 is 5.32 Å². The van der Waals surface area contributed by atoms with Gasteiger partial charge in [-0.25, -0.2) is 0 Å². The summed E-state index contributed by atoms with van der Waals surface area (Å²) in [5.41, 5.74) is 0.790. The van der Waals surface area contributed by atoms with E-state index in [1.807, 2.05) is 13.8 Å². The molecule has 0 aliphatic heterocycles. The van der Waals surface area contributed by atoms with Gasteiger partial charge in [0.25, 0.3) is 0 Å². The number of alkyl halides is 3. The molecule has 0 amide bonds. The van der Waals surface area contributed by atoms with Gasteiger partial charge < -0.3 is 5.32 Å². The van der Waals surface area contributed by atoms with E-state index in [-0.39, 0.29) is 6.04 Å². The highest BCUT2D eigenvalue weighted by molar-refractivity contribution is 5.31. The van der Waals surface area contributed by atoms with E-state index in [2.05, 4.69) is 11.9 Å². The Morgan fingerprint density at radius 1 is 1.39 bits per heavy atom. The molecule has 1 unspecified atom stereocenters. The van der Waals surface area contributed by atoms with Crippen LogP contribution in [0, 0.1) is 0 Å². The van der Waals surface area contributed by atoms with Crippen molar-refractivity contribution in [2.75, 3.05) is 6.54 Å². The first-order valence-electron chi connectivity index (χ1n) is 5.92. The summed E-state index contributed by atoms with van der Waals surface area (Å²) in [6.07, 6.45) is -3.39. The van der Waals surface area contributed by atoms with Gasteiger partial charge in [-0.3, -0.25) is 0 Å². The minimum absolute atomic E-state index is 0.229. The predicted octanol–water partition coefficient (Wildman–Crippen LogP) is 4.32. The third-order valence-corrected chi connectivity index (χ3v) is 2.64. The molecule has 0 bridgehead atoms. The monoisotopic (exact) mass is 257 g/mol. The van der Waals surface area contributed by atoms with Crippen molar-refractivity contribution in [2.24, 2.45) is 0 Å². The highest BCUT2D eigenvalue weighted by Gasteiger charge is 2.30. The fourth-order valence-corrected chi connectivity index (χ4v) is 1.76. The Hall–Kier alpha value is -1.29. The highest BCUT2D eigenvalue weighted by Crippen LogP contribution is 2.31. The molecule has 100 valence electrons. The lowest BCUT2D eigenvalue weighted by Gasteiger charge is -2.20. The van der Waals surface area contributed by atoms with Crippen LogP contribution in [-0.2, 0) is 6.18 Å². The van der Waals surface area contributed by atoms with Gasteiger partial charge >= 0.3 is 6.18 Å². The zero-order valence-electron chi connectivity index (χ0n) is 10.6. The van der Waals surface area contributed by atoms with E-state index in [1.165, 1.54) is 12.1 Å². The third kappa shape index (κ3) is 3.88. The number of hydrogen-bond acceptors (Lipinski definition) is 1. The van der Waals surface area contributed by atoms with Crippen LogP contribution in [0.25, 0.3) is 0 Å². The fourth-order valence-electron chi connectivity index (χ4n) is 1.76. The zero-order valence-corrected chi connectivity index (χ0v) is 10.6. The van der Waals surface area contributed by atoms with Crippen LogP contribution in [0.15, 0.2) is 36.4 Å². The Bertz CT molecular complexity index is 410. The molecule has 0 fully saturated rings. The number of benzene rings is 1. The van der Waals surface area contributed by atoms with Crippen LogP contribution in [0.1, 0.15) is 37.4 Å². The molecule has 0 heterocycles. The van der Waals surface area contributed by atoms with Gasteiger partial charge in [-0.1, -0.05) is 31.2 Å².